The zero-order valence-corrected chi connectivity index (χ0v) is 17.0. The summed E-state index contributed by atoms with van der Waals surface area (Å²) in [4.78, 5) is 29.4. The molecule has 1 atom stereocenters. The molecule has 2 heterocycles. The predicted octanol–water partition coefficient (Wildman–Crippen LogP) is 4.77. The maximum absolute atomic E-state index is 12.5. The standard InChI is InChI=1S/C21H22N2O4S/c1-5-16-15(21(25)26)10-17(27-16)19(24)22-12(3)18-13(4)23-20(28-18)14-8-6-11(2)7-9-14/h6-10,12H,5H2,1-4H3,(H,22,24)(H,25,26). The van der Waals surface area contributed by atoms with E-state index in [4.69, 9.17) is 4.42 Å². The van der Waals surface area contributed by atoms with Crippen molar-refractivity contribution in [3.63, 3.8) is 0 Å². The number of carboxylic acids is 1. The monoisotopic (exact) mass is 398 g/mol. The van der Waals surface area contributed by atoms with Crippen molar-refractivity contribution in [3.8, 4) is 10.6 Å². The van der Waals surface area contributed by atoms with Gasteiger partial charge in [-0.3, -0.25) is 4.79 Å². The first-order chi connectivity index (χ1) is 13.3. The smallest absolute Gasteiger partial charge is 0.339 e. The van der Waals surface area contributed by atoms with E-state index in [1.807, 2.05) is 45.0 Å². The molecule has 0 aliphatic rings. The minimum absolute atomic E-state index is 0.00188. The van der Waals surface area contributed by atoms with Gasteiger partial charge in [0.25, 0.3) is 5.91 Å². The number of hydrogen-bond acceptors (Lipinski definition) is 5. The number of nitrogens with zero attached hydrogens (tertiary/aromatic N) is 1. The molecule has 146 valence electrons. The number of rotatable bonds is 6. The van der Waals surface area contributed by atoms with Crippen molar-refractivity contribution >= 4 is 23.2 Å². The Hall–Kier alpha value is -2.93. The number of furan rings is 1. The third-order valence-corrected chi connectivity index (χ3v) is 5.85. The van der Waals surface area contributed by atoms with Crippen molar-refractivity contribution in [2.75, 3.05) is 0 Å². The molecule has 0 bridgehead atoms. The van der Waals surface area contributed by atoms with Crippen LogP contribution in [0.2, 0.25) is 0 Å². The molecule has 2 aromatic heterocycles. The first kappa shape index (κ1) is 19.8. The second kappa shape index (κ2) is 7.98. The molecule has 0 aliphatic heterocycles. The van der Waals surface area contributed by atoms with Gasteiger partial charge >= 0.3 is 5.97 Å². The average Bonchev–Trinajstić information content (AvgIpc) is 3.26. The number of benzene rings is 1. The number of nitrogens with one attached hydrogen (secondary N) is 1. The highest BCUT2D eigenvalue weighted by Crippen LogP contribution is 2.32. The minimum Gasteiger partial charge on any atom is -0.478 e. The van der Waals surface area contributed by atoms with Crippen LogP contribution >= 0.6 is 11.3 Å². The second-order valence-electron chi connectivity index (χ2n) is 6.64. The Balaban J connectivity index is 1.79. The molecular weight excluding hydrogens is 376 g/mol. The lowest BCUT2D eigenvalue weighted by Crippen LogP contribution is -2.26. The highest BCUT2D eigenvalue weighted by atomic mass is 32.1. The molecule has 0 aliphatic carbocycles. The number of thiazole rings is 1. The fraction of sp³-hybridized carbons (Fsp3) is 0.286. The van der Waals surface area contributed by atoms with Gasteiger partial charge in [-0.15, -0.1) is 11.3 Å². The summed E-state index contributed by atoms with van der Waals surface area (Å²) in [5.74, 6) is -1.25. The molecule has 0 radical (unpaired) electrons. The summed E-state index contributed by atoms with van der Waals surface area (Å²) in [5.41, 5.74) is 3.10. The van der Waals surface area contributed by atoms with Crippen LogP contribution in [0.25, 0.3) is 10.6 Å². The summed E-state index contributed by atoms with van der Waals surface area (Å²) in [6.07, 6.45) is 0.401. The molecule has 0 spiro atoms. The van der Waals surface area contributed by atoms with Gasteiger partial charge in [0.05, 0.1) is 16.6 Å². The van der Waals surface area contributed by atoms with E-state index in [1.165, 1.54) is 23.0 Å². The third kappa shape index (κ3) is 3.99. The normalized spacial score (nSPS) is 12.0. The first-order valence-corrected chi connectivity index (χ1v) is 9.83. The number of carbonyl (C=O) groups is 2. The summed E-state index contributed by atoms with van der Waals surface area (Å²) in [5, 5.41) is 13.0. The van der Waals surface area contributed by atoms with E-state index >= 15 is 0 Å². The minimum atomic E-state index is -1.10. The van der Waals surface area contributed by atoms with Gasteiger partial charge in [0.2, 0.25) is 0 Å². The average molecular weight is 398 g/mol. The van der Waals surface area contributed by atoms with E-state index in [-0.39, 0.29) is 17.4 Å². The van der Waals surface area contributed by atoms with Crippen molar-refractivity contribution in [1.82, 2.24) is 10.3 Å². The summed E-state index contributed by atoms with van der Waals surface area (Å²) in [7, 11) is 0. The highest BCUT2D eigenvalue weighted by molar-refractivity contribution is 7.15. The Morgan fingerprint density at radius 3 is 2.50 bits per heavy atom. The van der Waals surface area contributed by atoms with Gasteiger partial charge in [-0.05, 0) is 20.8 Å². The van der Waals surface area contributed by atoms with E-state index < -0.39 is 11.9 Å². The number of carboxylic acid groups (broad SMARTS) is 1. The molecular formula is C21H22N2O4S. The van der Waals surface area contributed by atoms with E-state index in [2.05, 4.69) is 10.3 Å². The lowest BCUT2D eigenvalue weighted by atomic mass is 10.2. The lowest BCUT2D eigenvalue weighted by Gasteiger charge is -2.11. The maximum Gasteiger partial charge on any atom is 0.339 e. The number of carbonyl (C=O) groups excluding carboxylic acids is 1. The molecule has 3 aromatic rings. The topological polar surface area (TPSA) is 92.4 Å². The molecule has 0 saturated heterocycles. The van der Waals surface area contributed by atoms with Crippen molar-refractivity contribution in [3.05, 3.63) is 63.6 Å². The van der Waals surface area contributed by atoms with Crippen LogP contribution in [0, 0.1) is 13.8 Å². The Morgan fingerprint density at radius 1 is 1.25 bits per heavy atom. The van der Waals surface area contributed by atoms with Gasteiger partial charge < -0.3 is 14.8 Å². The predicted molar refractivity (Wildman–Crippen MR) is 108 cm³/mol. The molecule has 28 heavy (non-hydrogen) atoms. The molecule has 7 heteroatoms. The van der Waals surface area contributed by atoms with Gasteiger partial charge in [-0.1, -0.05) is 36.8 Å². The van der Waals surface area contributed by atoms with E-state index in [9.17, 15) is 14.7 Å². The van der Waals surface area contributed by atoms with Crippen LogP contribution in [0.15, 0.2) is 34.7 Å². The van der Waals surface area contributed by atoms with Gasteiger partial charge in [-0.25, -0.2) is 9.78 Å². The van der Waals surface area contributed by atoms with E-state index in [0.29, 0.717) is 12.2 Å². The molecule has 0 saturated carbocycles. The largest absolute Gasteiger partial charge is 0.478 e. The van der Waals surface area contributed by atoms with Crippen LogP contribution < -0.4 is 5.32 Å². The van der Waals surface area contributed by atoms with Crippen molar-refractivity contribution in [1.29, 1.82) is 0 Å². The van der Waals surface area contributed by atoms with Gasteiger partial charge in [-0.2, -0.15) is 0 Å². The van der Waals surface area contributed by atoms with Gasteiger partial charge in [0.1, 0.15) is 16.3 Å². The quantitative estimate of drug-likeness (QED) is 0.624. The van der Waals surface area contributed by atoms with Crippen LogP contribution in [-0.2, 0) is 6.42 Å². The van der Waals surface area contributed by atoms with Crippen molar-refractivity contribution in [2.45, 2.75) is 40.2 Å². The summed E-state index contributed by atoms with van der Waals surface area (Å²) in [6.45, 7) is 7.60. The van der Waals surface area contributed by atoms with Gasteiger partial charge in [0.15, 0.2) is 5.76 Å². The fourth-order valence-corrected chi connectivity index (χ4v) is 4.02. The SMILES string of the molecule is CCc1oc(C(=O)NC(C)c2sc(-c3ccc(C)cc3)nc2C)cc1C(=O)O. The van der Waals surface area contributed by atoms with Crippen LogP contribution in [-0.4, -0.2) is 22.0 Å². The molecule has 0 fully saturated rings. The number of hydrogen-bond donors (Lipinski definition) is 2. The molecule has 2 N–H and O–H groups in total. The van der Waals surface area contributed by atoms with Crippen molar-refractivity contribution < 1.29 is 19.1 Å². The highest BCUT2D eigenvalue weighted by Gasteiger charge is 2.23. The molecule has 1 amide bonds. The Bertz CT molecular complexity index is 1020. The number of aromatic carboxylic acids is 1. The van der Waals surface area contributed by atoms with E-state index in [0.717, 1.165) is 21.1 Å². The Kier molecular flexibility index (Phi) is 5.65. The number of amides is 1. The zero-order valence-electron chi connectivity index (χ0n) is 16.2. The molecule has 3 rings (SSSR count). The van der Waals surface area contributed by atoms with Crippen LogP contribution in [0.4, 0.5) is 0 Å². The van der Waals surface area contributed by atoms with Crippen LogP contribution in [0.1, 0.15) is 62.7 Å². The molecule has 6 nitrogen and oxygen atoms in total. The number of aromatic nitrogens is 1. The molecule has 1 unspecified atom stereocenters. The van der Waals surface area contributed by atoms with Gasteiger partial charge in [0, 0.05) is 18.1 Å². The number of aryl methyl sites for hydroxylation is 3. The zero-order chi connectivity index (χ0) is 20.4. The Morgan fingerprint density at radius 2 is 1.93 bits per heavy atom. The van der Waals surface area contributed by atoms with E-state index in [1.54, 1.807) is 6.92 Å². The molecule has 1 aromatic carbocycles. The maximum atomic E-state index is 12.5. The summed E-state index contributed by atoms with van der Waals surface area (Å²) >= 11 is 1.53. The second-order valence-corrected chi connectivity index (χ2v) is 7.67. The fourth-order valence-electron chi connectivity index (χ4n) is 2.95. The first-order valence-electron chi connectivity index (χ1n) is 9.01. The van der Waals surface area contributed by atoms with Crippen molar-refractivity contribution in [2.24, 2.45) is 0 Å². The van der Waals surface area contributed by atoms with Crippen LogP contribution in [0.5, 0.6) is 0 Å². The summed E-state index contributed by atoms with van der Waals surface area (Å²) < 4.78 is 5.43. The van der Waals surface area contributed by atoms with Crippen LogP contribution in [0.3, 0.4) is 0 Å². The third-order valence-electron chi connectivity index (χ3n) is 4.46. The summed E-state index contributed by atoms with van der Waals surface area (Å²) in [6, 6.07) is 9.14. The lowest BCUT2D eigenvalue weighted by molar-refractivity contribution is 0.0694. The Labute approximate surface area is 167 Å².